The van der Waals surface area contributed by atoms with E-state index in [4.69, 9.17) is 0 Å². The van der Waals surface area contributed by atoms with Gasteiger partial charge in [-0.05, 0) is 44.4 Å². The van der Waals surface area contributed by atoms with Gasteiger partial charge >= 0.3 is 0 Å². The van der Waals surface area contributed by atoms with Crippen LogP contribution < -0.4 is 9.62 Å². The largest absolute Gasteiger partial charge is 0.357 e. The zero-order chi connectivity index (χ0) is 17.2. The third-order valence-electron chi connectivity index (χ3n) is 4.04. The van der Waals surface area contributed by atoms with Gasteiger partial charge in [-0.25, -0.2) is 23.1 Å². The smallest absolute Gasteiger partial charge is 0.240 e. The summed E-state index contributed by atoms with van der Waals surface area (Å²) in [4.78, 5) is 11.3. The van der Waals surface area contributed by atoms with Crippen molar-refractivity contribution in [2.24, 2.45) is 0 Å². The number of nitrogens with one attached hydrogen (secondary N) is 1. The molecule has 1 aliphatic heterocycles. The van der Waals surface area contributed by atoms with Gasteiger partial charge in [0, 0.05) is 24.8 Å². The highest BCUT2D eigenvalue weighted by Crippen LogP contribution is 2.18. The third kappa shape index (κ3) is 3.91. The molecule has 2 aromatic rings. The lowest BCUT2D eigenvalue weighted by Gasteiger charge is -2.17. The maximum absolute atomic E-state index is 12.4. The van der Waals surface area contributed by atoms with Gasteiger partial charge in [-0.1, -0.05) is 12.1 Å². The molecule has 1 aromatic heterocycles. The van der Waals surface area contributed by atoms with Crippen molar-refractivity contribution in [3.05, 3.63) is 47.4 Å². The summed E-state index contributed by atoms with van der Waals surface area (Å²) in [5.74, 6) is 1.37. The molecule has 1 saturated heterocycles. The molecule has 1 N–H and O–H groups in total. The Morgan fingerprint density at radius 3 is 2.58 bits per heavy atom. The highest BCUT2D eigenvalue weighted by Gasteiger charge is 2.17. The lowest BCUT2D eigenvalue weighted by molar-refractivity contribution is 0.579. The Balaban J connectivity index is 1.76. The van der Waals surface area contributed by atoms with Crippen LogP contribution in [0.25, 0.3) is 0 Å². The molecule has 0 bridgehead atoms. The highest BCUT2D eigenvalue weighted by atomic mass is 32.2. The number of nitrogens with zero attached hydrogens (tertiary/aromatic N) is 3. The second-order valence-corrected chi connectivity index (χ2v) is 7.89. The van der Waals surface area contributed by atoms with Crippen molar-refractivity contribution in [2.45, 2.75) is 38.1 Å². The van der Waals surface area contributed by atoms with Gasteiger partial charge in [0.25, 0.3) is 0 Å². The summed E-state index contributed by atoms with van der Waals surface area (Å²) in [5, 5.41) is 0. The zero-order valence-corrected chi connectivity index (χ0v) is 14.8. The van der Waals surface area contributed by atoms with Crippen molar-refractivity contribution in [2.75, 3.05) is 18.0 Å². The predicted octanol–water partition coefficient (Wildman–Crippen LogP) is 2.17. The minimum Gasteiger partial charge on any atom is -0.357 e. The molecule has 24 heavy (non-hydrogen) atoms. The maximum atomic E-state index is 12.4. The van der Waals surface area contributed by atoms with Gasteiger partial charge in [0.2, 0.25) is 10.0 Å². The lowest BCUT2D eigenvalue weighted by atomic mass is 10.2. The van der Waals surface area contributed by atoms with E-state index in [-0.39, 0.29) is 11.4 Å². The van der Waals surface area contributed by atoms with E-state index >= 15 is 0 Å². The number of benzene rings is 1. The monoisotopic (exact) mass is 346 g/mol. The SMILES string of the molecule is Cc1cccc(S(=O)(=O)NCc2nc(C)cc(N3CCCC3)n2)c1. The molecule has 0 aliphatic carbocycles. The summed E-state index contributed by atoms with van der Waals surface area (Å²) >= 11 is 0. The molecule has 1 aromatic carbocycles. The molecule has 0 amide bonds. The number of sulfonamides is 1. The van der Waals surface area contributed by atoms with Crippen LogP contribution >= 0.6 is 0 Å². The Bertz CT molecular complexity index is 830. The molecule has 2 heterocycles. The first-order valence-corrected chi connectivity index (χ1v) is 9.58. The standard InChI is InChI=1S/C17H22N4O2S/c1-13-6-5-7-15(10-13)24(22,23)18-12-16-19-14(2)11-17(20-16)21-8-3-4-9-21/h5-7,10-11,18H,3-4,8-9,12H2,1-2H3. The van der Waals surface area contributed by atoms with Crippen LogP contribution in [-0.4, -0.2) is 31.5 Å². The predicted molar refractivity (Wildman–Crippen MR) is 93.4 cm³/mol. The van der Waals surface area contributed by atoms with Crippen LogP contribution in [0.5, 0.6) is 0 Å². The van der Waals surface area contributed by atoms with E-state index in [0.717, 1.165) is 30.2 Å². The van der Waals surface area contributed by atoms with Crippen LogP contribution in [0.4, 0.5) is 5.82 Å². The fourth-order valence-electron chi connectivity index (χ4n) is 2.82. The van der Waals surface area contributed by atoms with E-state index in [1.54, 1.807) is 18.2 Å². The van der Waals surface area contributed by atoms with Crippen molar-refractivity contribution >= 4 is 15.8 Å². The minimum atomic E-state index is -3.57. The van der Waals surface area contributed by atoms with Crippen molar-refractivity contribution in [1.82, 2.24) is 14.7 Å². The molecule has 6 nitrogen and oxygen atoms in total. The van der Waals surface area contributed by atoms with E-state index in [9.17, 15) is 8.42 Å². The topological polar surface area (TPSA) is 75.2 Å². The Morgan fingerprint density at radius 1 is 1.12 bits per heavy atom. The second kappa shape index (κ2) is 6.86. The van der Waals surface area contributed by atoms with Gasteiger partial charge in [-0.2, -0.15) is 0 Å². The van der Waals surface area contributed by atoms with E-state index in [0.29, 0.717) is 5.82 Å². The van der Waals surface area contributed by atoms with Gasteiger partial charge < -0.3 is 4.90 Å². The number of aryl methyl sites for hydroxylation is 2. The van der Waals surface area contributed by atoms with Crippen molar-refractivity contribution < 1.29 is 8.42 Å². The second-order valence-electron chi connectivity index (χ2n) is 6.12. The van der Waals surface area contributed by atoms with Crippen molar-refractivity contribution in [1.29, 1.82) is 0 Å². The Labute approximate surface area is 143 Å². The number of hydrogen-bond donors (Lipinski definition) is 1. The molecule has 128 valence electrons. The van der Waals surface area contributed by atoms with Gasteiger partial charge in [-0.3, -0.25) is 0 Å². The summed E-state index contributed by atoms with van der Waals surface area (Å²) in [6.07, 6.45) is 2.33. The summed E-state index contributed by atoms with van der Waals surface area (Å²) in [6, 6.07) is 8.78. The summed E-state index contributed by atoms with van der Waals surface area (Å²) in [6.45, 7) is 5.83. The van der Waals surface area contributed by atoms with Gasteiger partial charge in [0.15, 0.2) is 0 Å². The lowest BCUT2D eigenvalue weighted by Crippen LogP contribution is -2.26. The summed E-state index contributed by atoms with van der Waals surface area (Å²) in [7, 11) is -3.57. The Morgan fingerprint density at radius 2 is 1.88 bits per heavy atom. The molecule has 1 aliphatic rings. The van der Waals surface area contributed by atoms with Crippen molar-refractivity contribution in [3.63, 3.8) is 0 Å². The first-order valence-electron chi connectivity index (χ1n) is 8.10. The molecule has 0 atom stereocenters. The molecular weight excluding hydrogens is 324 g/mol. The summed E-state index contributed by atoms with van der Waals surface area (Å²) in [5.41, 5.74) is 1.75. The summed E-state index contributed by atoms with van der Waals surface area (Å²) < 4.78 is 27.4. The Hall–Kier alpha value is -1.99. The van der Waals surface area contributed by atoms with Crippen molar-refractivity contribution in [3.8, 4) is 0 Å². The molecular formula is C17H22N4O2S. The molecule has 1 fully saturated rings. The molecule has 0 unspecified atom stereocenters. The molecule has 7 heteroatoms. The van der Waals surface area contributed by atoms with Crippen LogP contribution in [0.3, 0.4) is 0 Å². The number of aromatic nitrogens is 2. The first kappa shape index (κ1) is 16.9. The molecule has 0 spiro atoms. The molecule has 0 saturated carbocycles. The molecule has 0 radical (unpaired) electrons. The first-order chi connectivity index (χ1) is 11.4. The van der Waals surface area contributed by atoms with E-state index in [1.807, 2.05) is 26.0 Å². The third-order valence-corrected chi connectivity index (χ3v) is 5.44. The van der Waals surface area contributed by atoms with E-state index < -0.39 is 10.0 Å². The van der Waals surface area contributed by atoms with E-state index in [2.05, 4.69) is 19.6 Å². The average Bonchev–Trinajstić information content (AvgIpc) is 3.07. The average molecular weight is 346 g/mol. The van der Waals surface area contributed by atoms with Crippen LogP contribution in [0, 0.1) is 13.8 Å². The number of anilines is 1. The maximum Gasteiger partial charge on any atom is 0.240 e. The zero-order valence-electron chi connectivity index (χ0n) is 14.0. The number of rotatable bonds is 5. The Kier molecular flexibility index (Phi) is 4.82. The fourth-order valence-corrected chi connectivity index (χ4v) is 3.91. The number of hydrogen-bond acceptors (Lipinski definition) is 5. The van der Waals surface area contributed by atoms with Crippen LogP contribution in [0.2, 0.25) is 0 Å². The van der Waals surface area contributed by atoms with Crippen LogP contribution in [0.1, 0.15) is 29.9 Å². The van der Waals surface area contributed by atoms with E-state index in [1.165, 1.54) is 12.8 Å². The molecule has 3 rings (SSSR count). The van der Waals surface area contributed by atoms with Gasteiger partial charge in [-0.15, -0.1) is 0 Å². The quantitative estimate of drug-likeness (QED) is 0.898. The highest BCUT2D eigenvalue weighted by molar-refractivity contribution is 7.89. The minimum absolute atomic E-state index is 0.0821. The normalized spacial score (nSPS) is 15.0. The fraction of sp³-hybridized carbons (Fsp3) is 0.412. The van der Waals surface area contributed by atoms with Crippen LogP contribution in [0.15, 0.2) is 35.2 Å². The van der Waals surface area contributed by atoms with Crippen LogP contribution in [-0.2, 0) is 16.6 Å². The van der Waals surface area contributed by atoms with Gasteiger partial charge in [0.1, 0.15) is 11.6 Å². The van der Waals surface area contributed by atoms with Gasteiger partial charge in [0.05, 0.1) is 11.4 Å².